The molecule has 1 atom stereocenters. The topological polar surface area (TPSA) is 26.0 Å². The molecule has 0 fully saturated rings. The molecule has 0 aliphatic heterocycles. The van der Waals surface area contributed by atoms with Crippen molar-refractivity contribution in [2.24, 2.45) is 5.73 Å². The van der Waals surface area contributed by atoms with E-state index in [0.717, 1.165) is 15.9 Å². The van der Waals surface area contributed by atoms with Gasteiger partial charge in [-0.25, -0.2) is 13.2 Å². The lowest BCUT2D eigenvalue weighted by Gasteiger charge is -2.13. The first-order chi connectivity index (χ1) is 8.41. The maximum atomic E-state index is 13.6. The molecule has 0 radical (unpaired) electrons. The second kappa shape index (κ2) is 5.32. The van der Waals surface area contributed by atoms with Crippen LogP contribution in [0.3, 0.4) is 0 Å². The lowest BCUT2D eigenvalue weighted by Crippen LogP contribution is -2.14. The zero-order valence-corrected chi connectivity index (χ0v) is 12.7. The Bertz CT molecular complexity index is 600. The third-order valence-corrected chi connectivity index (χ3v) is 4.80. The number of nitrogens with two attached hydrogens (primary N) is 1. The van der Waals surface area contributed by atoms with Gasteiger partial charge in [-0.05, 0) is 49.6 Å². The van der Waals surface area contributed by atoms with Gasteiger partial charge in [-0.3, -0.25) is 0 Å². The fourth-order valence-electron chi connectivity index (χ4n) is 1.51. The Balaban J connectivity index is 2.49. The molecular formula is C11H6Br2F3NS. The summed E-state index contributed by atoms with van der Waals surface area (Å²) in [5, 5.41) is 0. The summed E-state index contributed by atoms with van der Waals surface area (Å²) in [4.78, 5) is 0. The van der Waals surface area contributed by atoms with Crippen molar-refractivity contribution in [3.8, 4) is 0 Å². The predicted octanol–water partition coefficient (Wildman–Crippen LogP) is 4.74. The molecule has 0 saturated heterocycles. The number of thiophene rings is 1. The van der Waals surface area contributed by atoms with Crippen molar-refractivity contribution in [3.63, 3.8) is 0 Å². The van der Waals surface area contributed by atoms with Gasteiger partial charge >= 0.3 is 0 Å². The second-order valence-electron chi connectivity index (χ2n) is 3.52. The van der Waals surface area contributed by atoms with Crippen molar-refractivity contribution < 1.29 is 13.2 Å². The third-order valence-electron chi connectivity index (χ3n) is 2.42. The fourth-order valence-corrected chi connectivity index (χ4v) is 4.44. The van der Waals surface area contributed by atoms with Crippen LogP contribution in [-0.4, -0.2) is 0 Å². The van der Waals surface area contributed by atoms with Gasteiger partial charge in [-0.2, -0.15) is 0 Å². The van der Waals surface area contributed by atoms with Gasteiger partial charge in [0.1, 0.15) is 0 Å². The van der Waals surface area contributed by atoms with E-state index in [1.807, 2.05) is 0 Å². The van der Waals surface area contributed by atoms with Crippen molar-refractivity contribution in [1.29, 1.82) is 0 Å². The van der Waals surface area contributed by atoms with Gasteiger partial charge < -0.3 is 5.73 Å². The van der Waals surface area contributed by atoms with Gasteiger partial charge in [-0.1, -0.05) is 6.07 Å². The van der Waals surface area contributed by atoms with E-state index in [4.69, 9.17) is 5.73 Å². The summed E-state index contributed by atoms with van der Waals surface area (Å²) in [5.41, 5.74) is 6.40. The average molecular weight is 401 g/mol. The molecule has 2 rings (SSSR count). The molecular weight excluding hydrogens is 395 g/mol. The summed E-state index contributed by atoms with van der Waals surface area (Å²) in [6.45, 7) is 0. The van der Waals surface area contributed by atoms with E-state index in [2.05, 4.69) is 31.9 Å². The van der Waals surface area contributed by atoms with Crippen LogP contribution >= 0.6 is 43.2 Å². The Labute approximate surface area is 122 Å². The largest absolute Gasteiger partial charge is 0.320 e. The monoisotopic (exact) mass is 399 g/mol. The molecule has 0 amide bonds. The van der Waals surface area contributed by atoms with Gasteiger partial charge in [0.05, 0.1) is 13.6 Å². The summed E-state index contributed by atoms with van der Waals surface area (Å²) in [6, 6.07) is 2.86. The number of rotatable bonds is 2. The van der Waals surface area contributed by atoms with Crippen LogP contribution in [0.2, 0.25) is 0 Å². The number of halogens is 5. The summed E-state index contributed by atoms with van der Waals surface area (Å²) in [6.07, 6.45) is 0. The molecule has 1 aromatic carbocycles. The molecule has 0 bridgehead atoms. The van der Waals surface area contributed by atoms with Gasteiger partial charge in [-0.15, -0.1) is 11.3 Å². The van der Waals surface area contributed by atoms with Gasteiger partial charge in [0.15, 0.2) is 17.5 Å². The number of hydrogen-bond acceptors (Lipinski definition) is 2. The van der Waals surface area contributed by atoms with Crippen molar-refractivity contribution in [2.75, 3.05) is 0 Å². The van der Waals surface area contributed by atoms with Crippen LogP contribution in [0.15, 0.2) is 25.8 Å². The molecule has 2 N–H and O–H groups in total. The van der Waals surface area contributed by atoms with Crippen molar-refractivity contribution >= 4 is 43.2 Å². The summed E-state index contributed by atoms with van der Waals surface area (Å²) >= 11 is 7.93. The van der Waals surface area contributed by atoms with E-state index in [-0.39, 0.29) is 5.56 Å². The van der Waals surface area contributed by atoms with E-state index >= 15 is 0 Å². The molecule has 1 aromatic heterocycles. The lowest BCUT2D eigenvalue weighted by molar-refractivity contribution is 0.438. The van der Waals surface area contributed by atoms with Crippen LogP contribution < -0.4 is 5.73 Å². The van der Waals surface area contributed by atoms with E-state index in [1.165, 1.54) is 11.3 Å². The van der Waals surface area contributed by atoms with Crippen molar-refractivity contribution in [1.82, 2.24) is 0 Å². The molecule has 0 saturated carbocycles. The first-order valence-corrected chi connectivity index (χ1v) is 7.15. The Morgan fingerprint density at radius 3 is 2.28 bits per heavy atom. The minimum atomic E-state index is -1.51. The molecule has 18 heavy (non-hydrogen) atoms. The lowest BCUT2D eigenvalue weighted by atomic mass is 10.0. The van der Waals surface area contributed by atoms with E-state index in [1.54, 1.807) is 6.07 Å². The van der Waals surface area contributed by atoms with Crippen molar-refractivity contribution in [3.05, 3.63) is 54.4 Å². The van der Waals surface area contributed by atoms with Gasteiger partial charge in [0.2, 0.25) is 0 Å². The van der Waals surface area contributed by atoms with Crippen LogP contribution in [0.5, 0.6) is 0 Å². The average Bonchev–Trinajstić information content (AvgIpc) is 2.65. The zero-order valence-electron chi connectivity index (χ0n) is 8.68. The smallest absolute Gasteiger partial charge is 0.194 e. The van der Waals surface area contributed by atoms with Crippen LogP contribution in [0.25, 0.3) is 0 Å². The maximum absolute atomic E-state index is 13.6. The first kappa shape index (κ1) is 14.0. The molecule has 0 spiro atoms. The fraction of sp³-hybridized carbons (Fsp3) is 0.0909. The SMILES string of the molecule is NC(c1cc(Br)sc1Br)c1ccc(F)c(F)c1F. The highest BCUT2D eigenvalue weighted by Crippen LogP contribution is 2.37. The maximum Gasteiger partial charge on any atom is 0.194 e. The first-order valence-electron chi connectivity index (χ1n) is 4.75. The molecule has 1 heterocycles. The normalized spacial score (nSPS) is 12.8. The summed E-state index contributed by atoms with van der Waals surface area (Å²) < 4.78 is 41.1. The predicted molar refractivity (Wildman–Crippen MR) is 72.1 cm³/mol. The summed E-state index contributed by atoms with van der Waals surface area (Å²) in [5.74, 6) is -3.99. The standard InChI is InChI=1S/C11H6Br2F3NS/c12-7-3-5(11(13)18-7)10(17)4-1-2-6(14)9(16)8(4)15/h1-3,10H,17H2. The molecule has 1 nitrogen and oxygen atoms in total. The number of hydrogen-bond donors (Lipinski definition) is 1. The zero-order chi connectivity index (χ0) is 13.4. The minimum absolute atomic E-state index is 0.0834. The highest BCUT2D eigenvalue weighted by molar-refractivity contribution is 9.12. The van der Waals surface area contributed by atoms with Crippen LogP contribution in [0.1, 0.15) is 17.2 Å². The highest BCUT2D eigenvalue weighted by atomic mass is 79.9. The van der Waals surface area contributed by atoms with E-state index in [0.29, 0.717) is 9.35 Å². The Kier molecular flexibility index (Phi) is 4.15. The Morgan fingerprint density at radius 2 is 1.72 bits per heavy atom. The van der Waals surface area contributed by atoms with E-state index in [9.17, 15) is 13.2 Å². The third kappa shape index (κ3) is 2.49. The Morgan fingerprint density at radius 1 is 1.06 bits per heavy atom. The highest BCUT2D eigenvalue weighted by Gasteiger charge is 2.22. The molecule has 0 aliphatic carbocycles. The molecule has 2 aromatic rings. The summed E-state index contributed by atoms with van der Waals surface area (Å²) in [7, 11) is 0. The molecule has 96 valence electrons. The van der Waals surface area contributed by atoms with Crippen molar-refractivity contribution in [2.45, 2.75) is 6.04 Å². The van der Waals surface area contributed by atoms with Gasteiger partial charge in [0.25, 0.3) is 0 Å². The quantitative estimate of drug-likeness (QED) is 0.724. The molecule has 1 unspecified atom stereocenters. The molecule has 7 heteroatoms. The van der Waals surface area contributed by atoms with Crippen LogP contribution in [0.4, 0.5) is 13.2 Å². The van der Waals surface area contributed by atoms with E-state index < -0.39 is 23.5 Å². The Hall–Kier alpha value is -0.370. The minimum Gasteiger partial charge on any atom is -0.320 e. The molecule has 0 aliphatic rings. The van der Waals surface area contributed by atoms with Gasteiger partial charge in [0, 0.05) is 5.56 Å². The number of benzene rings is 1. The second-order valence-corrected chi connectivity index (χ2v) is 7.27. The van der Waals surface area contributed by atoms with Crippen LogP contribution in [-0.2, 0) is 0 Å². The van der Waals surface area contributed by atoms with Crippen LogP contribution in [0, 0.1) is 17.5 Å².